The van der Waals surface area contributed by atoms with Crippen molar-refractivity contribution in [2.24, 2.45) is 0 Å². The average molecular weight is 353 g/mol. The summed E-state index contributed by atoms with van der Waals surface area (Å²) in [4.78, 5) is 23.5. The maximum atomic E-state index is 13.0. The van der Waals surface area contributed by atoms with Crippen LogP contribution in [0.15, 0.2) is 54.6 Å². The number of carbonyl (C=O) groups excluding carboxylic acids is 1. The number of amides is 1. The topological polar surface area (TPSA) is 75.6 Å². The van der Waals surface area contributed by atoms with E-state index >= 15 is 0 Å². The predicted molar refractivity (Wildman–Crippen MR) is 98.1 cm³/mol. The number of aliphatic carboxylic acids is 1. The highest BCUT2D eigenvalue weighted by molar-refractivity contribution is 5.89. The molecule has 0 spiro atoms. The van der Waals surface area contributed by atoms with Crippen LogP contribution in [0.5, 0.6) is 5.75 Å². The van der Waals surface area contributed by atoms with E-state index in [2.05, 4.69) is 5.32 Å². The van der Waals surface area contributed by atoms with Crippen molar-refractivity contribution in [3.63, 3.8) is 0 Å². The monoisotopic (exact) mass is 353 g/mol. The number of nitrogens with one attached hydrogen (secondary N) is 1. The van der Waals surface area contributed by atoms with Crippen molar-refractivity contribution in [1.82, 2.24) is 5.32 Å². The summed E-state index contributed by atoms with van der Waals surface area (Å²) in [5.41, 5.74) is 1.61. The van der Waals surface area contributed by atoms with Gasteiger partial charge in [-0.25, -0.2) is 4.79 Å². The van der Waals surface area contributed by atoms with E-state index in [1.165, 1.54) is 0 Å². The largest absolute Gasteiger partial charge is 0.482 e. The van der Waals surface area contributed by atoms with Crippen LogP contribution in [0.1, 0.15) is 43.4 Å². The fourth-order valence-electron chi connectivity index (χ4n) is 3.35. The first kappa shape index (κ1) is 18.0. The maximum absolute atomic E-state index is 13.0. The Morgan fingerprint density at radius 3 is 2.31 bits per heavy atom. The number of carboxylic acids is 1. The molecular formula is C21H23NO4. The van der Waals surface area contributed by atoms with Gasteiger partial charge in [0.15, 0.2) is 6.61 Å². The standard InChI is InChI=1S/C21H23NO4/c1-15(16-8-10-18(11-9-16)26-14-19(23)24)22-20(25)21(12-5-13-21)17-6-3-2-4-7-17/h2-4,6-11,15H,5,12-14H2,1H3,(H,22,25)(H,23,24). The molecule has 5 heteroatoms. The number of rotatable bonds is 7. The van der Waals surface area contributed by atoms with E-state index in [1.807, 2.05) is 49.4 Å². The highest BCUT2D eigenvalue weighted by Crippen LogP contribution is 2.44. The maximum Gasteiger partial charge on any atom is 0.341 e. The van der Waals surface area contributed by atoms with Gasteiger partial charge in [-0.3, -0.25) is 4.79 Å². The minimum Gasteiger partial charge on any atom is -0.482 e. The quantitative estimate of drug-likeness (QED) is 0.799. The van der Waals surface area contributed by atoms with Crippen molar-refractivity contribution < 1.29 is 19.4 Å². The third kappa shape index (κ3) is 3.72. The van der Waals surface area contributed by atoms with E-state index in [0.717, 1.165) is 30.4 Å². The lowest BCUT2D eigenvalue weighted by Gasteiger charge is -2.41. The fraction of sp³-hybridized carbons (Fsp3) is 0.333. The first-order chi connectivity index (χ1) is 12.5. The molecule has 2 N–H and O–H groups in total. The van der Waals surface area contributed by atoms with Gasteiger partial charge in [0.25, 0.3) is 0 Å². The number of benzene rings is 2. The second-order valence-corrected chi connectivity index (χ2v) is 6.75. The molecule has 0 saturated heterocycles. The molecule has 136 valence electrons. The van der Waals surface area contributed by atoms with E-state index < -0.39 is 11.4 Å². The lowest BCUT2D eigenvalue weighted by atomic mass is 9.63. The van der Waals surface area contributed by atoms with Gasteiger partial charge in [0.1, 0.15) is 5.75 Å². The van der Waals surface area contributed by atoms with E-state index in [-0.39, 0.29) is 18.6 Å². The van der Waals surface area contributed by atoms with Gasteiger partial charge in [-0.1, -0.05) is 48.9 Å². The molecule has 1 fully saturated rings. The Balaban J connectivity index is 1.66. The summed E-state index contributed by atoms with van der Waals surface area (Å²) in [6, 6.07) is 17.0. The zero-order chi connectivity index (χ0) is 18.6. The van der Waals surface area contributed by atoms with Crippen LogP contribution in [0.3, 0.4) is 0 Å². The van der Waals surface area contributed by atoms with Gasteiger partial charge in [-0.05, 0) is 43.0 Å². The molecule has 2 aromatic carbocycles. The molecule has 0 heterocycles. The van der Waals surface area contributed by atoms with E-state index in [9.17, 15) is 9.59 Å². The third-order valence-electron chi connectivity index (χ3n) is 5.06. The number of carbonyl (C=O) groups is 2. The Labute approximate surface area is 153 Å². The van der Waals surface area contributed by atoms with Gasteiger partial charge < -0.3 is 15.2 Å². The summed E-state index contributed by atoms with van der Waals surface area (Å²) >= 11 is 0. The lowest BCUT2D eigenvalue weighted by molar-refractivity contribution is -0.139. The minimum absolute atomic E-state index is 0.0636. The normalized spacial score (nSPS) is 16.2. The molecule has 1 atom stereocenters. The van der Waals surface area contributed by atoms with Crippen molar-refractivity contribution in [2.75, 3.05) is 6.61 Å². The smallest absolute Gasteiger partial charge is 0.341 e. The van der Waals surface area contributed by atoms with Crippen LogP contribution in [0.25, 0.3) is 0 Å². The zero-order valence-corrected chi connectivity index (χ0v) is 14.8. The Morgan fingerprint density at radius 2 is 1.77 bits per heavy atom. The van der Waals surface area contributed by atoms with Crippen LogP contribution >= 0.6 is 0 Å². The molecule has 0 bridgehead atoms. The first-order valence-electron chi connectivity index (χ1n) is 8.82. The van der Waals surface area contributed by atoms with Gasteiger partial charge in [0, 0.05) is 0 Å². The molecule has 0 aromatic heterocycles. The fourth-order valence-corrected chi connectivity index (χ4v) is 3.35. The Hall–Kier alpha value is -2.82. The molecule has 1 aliphatic carbocycles. The van der Waals surface area contributed by atoms with Crippen molar-refractivity contribution in [3.8, 4) is 5.75 Å². The zero-order valence-electron chi connectivity index (χ0n) is 14.8. The van der Waals surface area contributed by atoms with E-state index in [1.54, 1.807) is 12.1 Å². The van der Waals surface area contributed by atoms with Crippen LogP contribution in [-0.4, -0.2) is 23.6 Å². The second kappa shape index (κ2) is 7.60. The second-order valence-electron chi connectivity index (χ2n) is 6.75. The summed E-state index contributed by atoms with van der Waals surface area (Å²) in [7, 11) is 0. The minimum atomic E-state index is -1.01. The van der Waals surface area contributed by atoms with Gasteiger partial charge >= 0.3 is 5.97 Å². The number of hydrogen-bond donors (Lipinski definition) is 2. The molecule has 2 aromatic rings. The summed E-state index contributed by atoms with van der Waals surface area (Å²) in [6.45, 7) is 1.58. The predicted octanol–water partition coefficient (Wildman–Crippen LogP) is 3.45. The Kier molecular flexibility index (Phi) is 5.26. The SMILES string of the molecule is CC(NC(=O)C1(c2ccccc2)CCC1)c1ccc(OCC(=O)O)cc1. The highest BCUT2D eigenvalue weighted by atomic mass is 16.5. The average Bonchev–Trinajstić information content (AvgIpc) is 2.60. The first-order valence-corrected chi connectivity index (χ1v) is 8.82. The molecule has 3 rings (SSSR count). The molecule has 1 amide bonds. The lowest BCUT2D eigenvalue weighted by Crippen LogP contribution is -2.49. The Bertz CT molecular complexity index is 766. The molecule has 0 radical (unpaired) electrons. The van der Waals surface area contributed by atoms with Crippen molar-refractivity contribution in [3.05, 3.63) is 65.7 Å². The molecule has 5 nitrogen and oxygen atoms in total. The third-order valence-corrected chi connectivity index (χ3v) is 5.06. The molecule has 26 heavy (non-hydrogen) atoms. The van der Waals surface area contributed by atoms with Crippen molar-refractivity contribution in [1.29, 1.82) is 0 Å². The van der Waals surface area contributed by atoms with Crippen LogP contribution in [0, 0.1) is 0 Å². The van der Waals surface area contributed by atoms with Gasteiger partial charge in [0.05, 0.1) is 11.5 Å². The van der Waals surface area contributed by atoms with Crippen molar-refractivity contribution >= 4 is 11.9 Å². The van der Waals surface area contributed by atoms with E-state index in [0.29, 0.717) is 5.75 Å². The highest BCUT2D eigenvalue weighted by Gasteiger charge is 2.45. The molecule has 1 saturated carbocycles. The van der Waals surface area contributed by atoms with Crippen LogP contribution in [0.4, 0.5) is 0 Å². The Morgan fingerprint density at radius 1 is 1.12 bits per heavy atom. The summed E-state index contributed by atoms with van der Waals surface area (Å²) in [6.07, 6.45) is 2.81. The van der Waals surface area contributed by atoms with Gasteiger partial charge in [-0.2, -0.15) is 0 Å². The summed E-state index contributed by atoms with van der Waals surface area (Å²) < 4.78 is 5.13. The van der Waals surface area contributed by atoms with Crippen molar-refractivity contribution in [2.45, 2.75) is 37.6 Å². The van der Waals surface area contributed by atoms with Crippen LogP contribution in [0.2, 0.25) is 0 Å². The summed E-state index contributed by atoms with van der Waals surface area (Å²) in [5.74, 6) is -0.454. The number of ether oxygens (including phenoxy) is 1. The number of carboxylic acid groups (broad SMARTS) is 1. The molecule has 0 aliphatic heterocycles. The van der Waals surface area contributed by atoms with Crippen LogP contribution in [-0.2, 0) is 15.0 Å². The molecule has 1 unspecified atom stereocenters. The van der Waals surface area contributed by atoms with Gasteiger partial charge in [0.2, 0.25) is 5.91 Å². The van der Waals surface area contributed by atoms with Crippen LogP contribution < -0.4 is 10.1 Å². The summed E-state index contributed by atoms with van der Waals surface area (Å²) in [5, 5.41) is 11.8. The molecular weight excluding hydrogens is 330 g/mol. The molecule has 1 aliphatic rings. The van der Waals surface area contributed by atoms with E-state index in [4.69, 9.17) is 9.84 Å². The van der Waals surface area contributed by atoms with Gasteiger partial charge in [-0.15, -0.1) is 0 Å². The number of hydrogen-bond acceptors (Lipinski definition) is 3.